The van der Waals surface area contributed by atoms with E-state index >= 15 is 0 Å². The summed E-state index contributed by atoms with van der Waals surface area (Å²) in [6.45, 7) is 0. The highest BCUT2D eigenvalue weighted by atomic mass is 32.1. The summed E-state index contributed by atoms with van der Waals surface area (Å²) >= 11 is 1.36. The van der Waals surface area contributed by atoms with Crippen LogP contribution in [0.3, 0.4) is 0 Å². The van der Waals surface area contributed by atoms with E-state index in [0.717, 1.165) is 11.8 Å². The second-order valence-electron chi connectivity index (χ2n) is 1.85. The molecule has 1 rings (SSSR count). The molecule has 0 fully saturated rings. The summed E-state index contributed by atoms with van der Waals surface area (Å²) in [5, 5.41) is 1.81. The molecule has 0 atom stereocenters. The molecule has 0 radical (unpaired) electrons. The Morgan fingerprint density at radius 2 is 2.18 bits per heavy atom. The molecule has 0 N–H and O–H groups in total. The lowest BCUT2D eigenvalue weighted by Gasteiger charge is -1.83. The minimum atomic E-state index is 0.656. The zero-order valence-corrected chi connectivity index (χ0v) is 6.51. The fourth-order valence-corrected chi connectivity index (χ4v) is 1.40. The summed E-state index contributed by atoms with van der Waals surface area (Å²) in [7, 11) is 0. The lowest BCUT2D eigenvalue weighted by Crippen LogP contribution is -1.74. The number of carbonyl (C=O) groups is 2. The van der Waals surface area contributed by atoms with Crippen molar-refractivity contribution in [1.82, 2.24) is 0 Å². The first-order chi connectivity index (χ1) is 5.38. The second kappa shape index (κ2) is 3.83. The van der Waals surface area contributed by atoms with Crippen LogP contribution in [0.15, 0.2) is 17.5 Å². The van der Waals surface area contributed by atoms with Gasteiger partial charge < -0.3 is 0 Å². The van der Waals surface area contributed by atoms with E-state index in [-0.39, 0.29) is 0 Å². The van der Waals surface area contributed by atoms with Gasteiger partial charge in [-0.05, 0) is 23.1 Å². The molecule has 0 unspecified atom stereocenters. The van der Waals surface area contributed by atoms with Gasteiger partial charge in [0.05, 0.1) is 4.88 Å². The molecule has 0 bridgehead atoms. The third kappa shape index (κ3) is 1.85. The van der Waals surface area contributed by atoms with E-state index in [9.17, 15) is 9.59 Å². The van der Waals surface area contributed by atoms with Crippen LogP contribution in [0.1, 0.15) is 15.2 Å². The van der Waals surface area contributed by atoms with Gasteiger partial charge in [0.15, 0.2) is 6.29 Å². The maximum absolute atomic E-state index is 10.3. The molecule has 0 saturated heterocycles. The van der Waals surface area contributed by atoms with Gasteiger partial charge >= 0.3 is 0 Å². The molecule has 0 aromatic carbocycles. The average Bonchev–Trinajstić information content (AvgIpc) is 2.47. The number of hydrogen-bond donors (Lipinski definition) is 0. The first-order valence-corrected chi connectivity index (χ1v) is 3.91. The topological polar surface area (TPSA) is 34.1 Å². The van der Waals surface area contributed by atoms with Gasteiger partial charge in [-0.25, -0.2) is 0 Å². The normalized spacial score (nSPS) is 10.2. The molecule has 0 amide bonds. The molecule has 1 aromatic heterocycles. The van der Waals surface area contributed by atoms with Gasteiger partial charge in [-0.2, -0.15) is 0 Å². The molecule has 0 aliphatic heterocycles. The Morgan fingerprint density at radius 1 is 1.36 bits per heavy atom. The van der Waals surface area contributed by atoms with Crippen LogP contribution in [0.5, 0.6) is 0 Å². The number of rotatable bonds is 3. The summed E-state index contributed by atoms with van der Waals surface area (Å²) in [5.74, 6) is 0. The van der Waals surface area contributed by atoms with Gasteiger partial charge in [0.25, 0.3) is 0 Å². The van der Waals surface area contributed by atoms with Gasteiger partial charge in [0, 0.05) is 0 Å². The van der Waals surface area contributed by atoms with Crippen molar-refractivity contribution in [2.75, 3.05) is 0 Å². The molecule has 3 heteroatoms. The van der Waals surface area contributed by atoms with Crippen LogP contribution in [0.2, 0.25) is 0 Å². The molecule has 2 nitrogen and oxygen atoms in total. The lowest BCUT2D eigenvalue weighted by atomic mass is 10.2. The molecule has 0 saturated carbocycles. The van der Waals surface area contributed by atoms with E-state index in [1.165, 1.54) is 17.4 Å². The molecule has 1 aromatic rings. The largest absolute Gasteiger partial charge is 0.299 e. The Morgan fingerprint density at radius 3 is 2.82 bits per heavy atom. The SMILES string of the molecule is O=CC=Cc1ccsc1C=O. The first kappa shape index (κ1) is 7.88. The minimum absolute atomic E-state index is 0.656. The van der Waals surface area contributed by atoms with Crippen molar-refractivity contribution in [2.45, 2.75) is 0 Å². The molecule has 56 valence electrons. The van der Waals surface area contributed by atoms with Crippen LogP contribution in [0.4, 0.5) is 0 Å². The monoisotopic (exact) mass is 166 g/mol. The van der Waals surface area contributed by atoms with Crippen LogP contribution in [-0.2, 0) is 4.79 Å². The molecule has 0 aliphatic rings. The van der Waals surface area contributed by atoms with Crippen molar-refractivity contribution in [3.05, 3.63) is 28.0 Å². The van der Waals surface area contributed by atoms with Crippen LogP contribution in [-0.4, -0.2) is 12.6 Å². The van der Waals surface area contributed by atoms with Crippen molar-refractivity contribution in [1.29, 1.82) is 0 Å². The lowest BCUT2D eigenvalue weighted by molar-refractivity contribution is -0.104. The Bertz CT molecular complexity index is 286. The number of thiophene rings is 1. The smallest absolute Gasteiger partial charge is 0.160 e. The number of hydrogen-bond acceptors (Lipinski definition) is 3. The standard InChI is InChI=1S/C8H6O2S/c9-4-1-2-7-3-5-11-8(7)6-10/h1-6H. The summed E-state index contributed by atoms with van der Waals surface area (Å²) in [5.41, 5.74) is 0.803. The van der Waals surface area contributed by atoms with Gasteiger partial charge in [0.1, 0.15) is 6.29 Å². The summed E-state index contributed by atoms with van der Waals surface area (Å²) in [4.78, 5) is 20.9. The quantitative estimate of drug-likeness (QED) is 0.506. The average molecular weight is 166 g/mol. The number of aldehydes is 2. The maximum Gasteiger partial charge on any atom is 0.160 e. The molecule has 11 heavy (non-hydrogen) atoms. The summed E-state index contributed by atoms with van der Waals surface area (Å²) < 4.78 is 0. The molecule has 0 spiro atoms. The van der Waals surface area contributed by atoms with E-state index in [2.05, 4.69) is 0 Å². The third-order valence-electron chi connectivity index (χ3n) is 1.19. The van der Waals surface area contributed by atoms with E-state index in [0.29, 0.717) is 11.2 Å². The van der Waals surface area contributed by atoms with Gasteiger partial charge in [-0.15, -0.1) is 11.3 Å². The van der Waals surface area contributed by atoms with Crippen LogP contribution < -0.4 is 0 Å². The highest BCUT2D eigenvalue weighted by Gasteiger charge is 1.96. The van der Waals surface area contributed by atoms with Gasteiger partial charge in [0.2, 0.25) is 0 Å². The minimum Gasteiger partial charge on any atom is -0.299 e. The molecule has 0 aliphatic carbocycles. The highest BCUT2D eigenvalue weighted by molar-refractivity contribution is 7.11. The Balaban J connectivity index is 2.92. The first-order valence-electron chi connectivity index (χ1n) is 3.03. The predicted octanol–water partition coefficient (Wildman–Crippen LogP) is 1.77. The Labute approximate surface area is 68.2 Å². The third-order valence-corrected chi connectivity index (χ3v) is 2.05. The zero-order chi connectivity index (χ0) is 8.10. The van der Waals surface area contributed by atoms with E-state index in [1.807, 2.05) is 5.38 Å². The molecular formula is C8H6O2S. The van der Waals surface area contributed by atoms with Crippen LogP contribution in [0, 0.1) is 0 Å². The fraction of sp³-hybridized carbons (Fsp3) is 0. The van der Waals surface area contributed by atoms with Gasteiger partial charge in [-0.1, -0.05) is 6.08 Å². The predicted molar refractivity (Wildman–Crippen MR) is 44.8 cm³/mol. The Kier molecular flexibility index (Phi) is 2.74. The van der Waals surface area contributed by atoms with E-state index in [1.54, 1.807) is 12.1 Å². The Hall–Kier alpha value is -1.22. The van der Waals surface area contributed by atoms with E-state index in [4.69, 9.17) is 0 Å². The zero-order valence-electron chi connectivity index (χ0n) is 5.69. The number of allylic oxidation sites excluding steroid dienone is 1. The van der Waals surface area contributed by atoms with Crippen LogP contribution in [0.25, 0.3) is 6.08 Å². The van der Waals surface area contributed by atoms with Crippen molar-refractivity contribution < 1.29 is 9.59 Å². The van der Waals surface area contributed by atoms with E-state index < -0.39 is 0 Å². The highest BCUT2D eigenvalue weighted by Crippen LogP contribution is 2.15. The fourth-order valence-electron chi connectivity index (χ4n) is 0.707. The number of carbonyl (C=O) groups excluding carboxylic acids is 2. The second-order valence-corrected chi connectivity index (χ2v) is 2.80. The van der Waals surface area contributed by atoms with Gasteiger partial charge in [-0.3, -0.25) is 9.59 Å². The van der Waals surface area contributed by atoms with Crippen molar-refractivity contribution >= 4 is 30.0 Å². The molecular weight excluding hydrogens is 160 g/mol. The van der Waals surface area contributed by atoms with Crippen molar-refractivity contribution in [2.24, 2.45) is 0 Å². The summed E-state index contributed by atoms with van der Waals surface area (Å²) in [6.07, 6.45) is 4.46. The van der Waals surface area contributed by atoms with Crippen LogP contribution >= 0.6 is 11.3 Å². The van der Waals surface area contributed by atoms with Crippen molar-refractivity contribution in [3.63, 3.8) is 0 Å². The molecule has 1 heterocycles. The maximum atomic E-state index is 10.3. The van der Waals surface area contributed by atoms with Crippen molar-refractivity contribution in [3.8, 4) is 0 Å². The summed E-state index contributed by atoms with van der Waals surface area (Å²) in [6, 6.07) is 1.80.